The number of carbonyl (C=O) groups excluding carboxylic acids is 1. The largest absolute Gasteiger partial charge is 0.496 e. The van der Waals surface area contributed by atoms with Gasteiger partial charge in [-0.05, 0) is 38.0 Å². The van der Waals surface area contributed by atoms with E-state index >= 15 is 0 Å². The molecule has 18 heavy (non-hydrogen) atoms. The van der Waals surface area contributed by atoms with Gasteiger partial charge in [-0.2, -0.15) is 0 Å². The average Bonchev–Trinajstić information content (AvgIpc) is 2.31. The minimum absolute atomic E-state index is 0.0873. The van der Waals surface area contributed by atoms with Crippen LogP contribution in [0.4, 0.5) is 0 Å². The lowest BCUT2D eigenvalue weighted by molar-refractivity contribution is -0.122. The molecule has 1 rings (SSSR count). The number of aliphatic hydroxyl groups excluding tert-OH is 1. The van der Waals surface area contributed by atoms with E-state index in [1.807, 2.05) is 25.1 Å². The highest BCUT2D eigenvalue weighted by Gasteiger charge is 2.19. The molecule has 0 aromatic heterocycles. The highest BCUT2D eigenvalue weighted by atomic mass is 16.5. The van der Waals surface area contributed by atoms with Crippen LogP contribution in [0, 0.1) is 6.92 Å². The number of carbonyl (C=O) groups is 1. The maximum absolute atomic E-state index is 11.8. The second-order valence-electron chi connectivity index (χ2n) is 5.07. The molecule has 0 heterocycles. The first-order valence-corrected chi connectivity index (χ1v) is 5.93. The smallest absolute Gasteiger partial charge is 0.224 e. The summed E-state index contributed by atoms with van der Waals surface area (Å²) >= 11 is 0. The van der Waals surface area contributed by atoms with Crippen molar-refractivity contribution in [3.8, 4) is 5.75 Å². The summed E-state index contributed by atoms with van der Waals surface area (Å²) < 4.78 is 5.22. The monoisotopic (exact) mass is 251 g/mol. The molecule has 0 aliphatic rings. The van der Waals surface area contributed by atoms with Gasteiger partial charge in [-0.25, -0.2) is 0 Å². The number of rotatable bonds is 5. The molecule has 0 fully saturated rings. The van der Waals surface area contributed by atoms with Crippen LogP contribution in [-0.2, 0) is 11.2 Å². The van der Waals surface area contributed by atoms with E-state index in [1.165, 1.54) is 0 Å². The number of methoxy groups -OCH3 is 1. The van der Waals surface area contributed by atoms with Crippen LogP contribution >= 0.6 is 0 Å². The number of nitrogens with one attached hydrogen (secondary N) is 1. The fourth-order valence-corrected chi connectivity index (χ4v) is 1.62. The van der Waals surface area contributed by atoms with E-state index in [1.54, 1.807) is 21.0 Å². The summed E-state index contributed by atoms with van der Waals surface area (Å²) in [5, 5.41) is 11.9. The van der Waals surface area contributed by atoms with Crippen LogP contribution in [0.15, 0.2) is 18.2 Å². The van der Waals surface area contributed by atoms with E-state index in [2.05, 4.69) is 5.32 Å². The van der Waals surface area contributed by atoms with Gasteiger partial charge in [0.1, 0.15) is 5.75 Å². The molecule has 1 aromatic rings. The lowest BCUT2D eigenvalue weighted by atomic mass is 10.0. The molecule has 0 aliphatic carbocycles. The number of hydrogen-bond donors (Lipinski definition) is 2. The number of hydrogen-bond acceptors (Lipinski definition) is 3. The third-order valence-electron chi connectivity index (χ3n) is 2.71. The SMILES string of the molecule is COc1cc(CC(=O)NC(C)(C)CO)ccc1C. The zero-order chi connectivity index (χ0) is 13.8. The van der Waals surface area contributed by atoms with E-state index in [-0.39, 0.29) is 18.9 Å². The van der Waals surface area contributed by atoms with E-state index < -0.39 is 5.54 Å². The van der Waals surface area contributed by atoms with Crippen LogP contribution in [-0.4, -0.2) is 30.3 Å². The van der Waals surface area contributed by atoms with Crippen LogP contribution < -0.4 is 10.1 Å². The number of ether oxygens (including phenoxy) is 1. The molecule has 4 nitrogen and oxygen atoms in total. The van der Waals surface area contributed by atoms with Crippen molar-refractivity contribution in [1.82, 2.24) is 5.32 Å². The Hall–Kier alpha value is -1.55. The Bertz CT molecular complexity index is 427. The van der Waals surface area contributed by atoms with Crippen molar-refractivity contribution in [2.24, 2.45) is 0 Å². The van der Waals surface area contributed by atoms with Crippen molar-refractivity contribution < 1.29 is 14.6 Å². The van der Waals surface area contributed by atoms with Crippen LogP contribution in [0.5, 0.6) is 5.75 Å². The van der Waals surface area contributed by atoms with Crippen LogP contribution in [0.3, 0.4) is 0 Å². The molecule has 0 unspecified atom stereocenters. The average molecular weight is 251 g/mol. The fourth-order valence-electron chi connectivity index (χ4n) is 1.62. The lowest BCUT2D eigenvalue weighted by Crippen LogP contribution is -2.46. The molecule has 1 amide bonds. The molecule has 4 heteroatoms. The third-order valence-corrected chi connectivity index (χ3v) is 2.71. The van der Waals surface area contributed by atoms with E-state index in [4.69, 9.17) is 9.84 Å². The summed E-state index contributed by atoms with van der Waals surface area (Å²) in [6, 6.07) is 5.70. The maximum Gasteiger partial charge on any atom is 0.224 e. The predicted molar refractivity (Wildman–Crippen MR) is 70.7 cm³/mol. The Balaban J connectivity index is 2.70. The molecule has 100 valence electrons. The molecule has 0 atom stereocenters. The van der Waals surface area contributed by atoms with E-state index in [0.29, 0.717) is 0 Å². The predicted octanol–water partition coefficient (Wildman–Crippen LogP) is 1.43. The minimum Gasteiger partial charge on any atom is -0.496 e. The van der Waals surface area contributed by atoms with Gasteiger partial charge in [-0.1, -0.05) is 12.1 Å². The van der Waals surface area contributed by atoms with Gasteiger partial charge in [-0.3, -0.25) is 4.79 Å². The number of benzene rings is 1. The van der Waals surface area contributed by atoms with E-state index in [0.717, 1.165) is 16.9 Å². The molecule has 0 saturated heterocycles. The van der Waals surface area contributed by atoms with Gasteiger partial charge in [-0.15, -0.1) is 0 Å². The molecule has 0 bridgehead atoms. The first-order chi connectivity index (χ1) is 8.38. The number of aliphatic hydroxyl groups is 1. The maximum atomic E-state index is 11.8. The summed E-state index contributed by atoms with van der Waals surface area (Å²) in [5.41, 5.74) is 1.34. The molecule has 0 spiro atoms. The van der Waals surface area contributed by atoms with Crippen molar-refractivity contribution in [3.05, 3.63) is 29.3 Å². The van der Waals surface area contributed by atoms with Gasteiger partial charge in [0.25, 0.3) is 0 Å². The summed E-state index contributed by atoms with van der Waals surface area (Å²) in [4.78, 5) is 11.8. The summed E-state index contributed by atoms with van der Waals surface area (Å²) in [7, 11) is 1.61. The molecular formula is C14H21NO3. The molecule has 0 radical (unpaired) electrons. The van der Waals surface area contributed by atoms with Gasteiger partial charge >= 0.3 is 0 Å². The van der Waals surface area contributed by atoms with Gasteiger partial charge in [0, 0.05) is 0 Å². The number of aryl methyl sites for hydroxylation is 1. The normalized spacial score (nSPS) is 11.2. The topological polar surface area (TPSA) is 58.6 Å². The Morgan fingerprint density at radius 2 is 2.11 bits per heavy atom. The van der Waals surface area contributed by atoms with E-state index in [9.17, 15) is 4.79 Å². The van der Waals surface area contributed by atoms with Gasteiger partial charge < -0.3 is 15.2 Å². The van der Waals surface area contributed by atoms with Crippen molar-refractivity contribution in [2.75, 3.05) is 13.7 Å². The highest BCUT2D eigenvalue weighted by Crippen LogP contribution is 2.19. The Morgan fingerprint density at radius 3 is 2.67 bits per heavy atom. The summed E-state index contributed by atoms with van der Waals surface area (Å²) in [5.74, 6) is 0.668. The quantitative estimate of drug-likeness (QED) is 0.832. The molecule has 1 aromatic carbocycles. The van der Waals surface area contributed by atoms with Crippen LogP contribution in [0.2, 0.25) is 0 Å². The standard InChI is InChI=1S/C14H21NO3/c1-10-5-6-11(7-12(10)18-4)8-13(17)15-14(2,3)9-16/h5-7,16H,8-9H2,1-4H3,(H,15,17). The minimum atomic E-state index is -0.591. The second kappa shape index (κ2) is 5.87. The van der Waals surface area contributed by atoms with Crippen molar-refractivity contribution in [2.45, 2.75) is 32.7 Å². The first kappa shape index (κ1) is 14.5. The third kappa shape index (κ3) is 4.04. The first-order valence-electron chi connectivity index (χ1n) is 5.93. The van der Waals surface area contributed by atoms with Crippen LogP contribution in [0.25, 0.3) is 0 Å². The zero-order valence-electron chi connectivity index (χ0n) is 11.4. The second-order valence-corrected chi connectivity index (χ2v) is 5.07. The molecule has 0 saturated carbocycles. The Kier molecular flexibility index (Phi) is 4.73. The lowest BCUT2D eigenvalue weighted by Gasteiger charge is -2.23. The molecular weight excluding hydrogens is 230 g/mol. The molecule has 0 aliphatic heterocycles. The molecule has 2 N–H and O–H groups in total. The Labute approximate surface area is 108 Å². The van der Waals surface area contributed by atoms with Gasteiger partial charge in [0.15, 0.2) is 0 Å². The zero-order valence-corrected chi connectivity index (χ0v) is 11.4. The van der Waals surface area contributed by atoms with Crippen molar-refractivity contribution >= 4 is 5.91 Å². The van der Waals surface area contributed by atoms with Crippen LogP contribution in [0.1, 0.15) is 25.0 Å². The van der Waals surface area contributed by atoms with Gasteiger partial charge in [0.2, 0.25) is 5.91 Å². The summed E-state index contributed by atoms with van der Waals surface area (Å²) in [6.07, 6.45) is 0.278. The van der Waals surface area contributed by atoms with Crippen molar-refractivity contribution in [1.29, 1.82) is 0 Å². The van der Waals surface area contributed by atoms with Gasteiger partial charge in [0.05, 0.1) is 25.7 Å². The Morgan fingerprint density at radius 1 is 1.44 bits per heavy atom. The van der Waals surface area contributed by atoms with Crippen molar-refractivity contribution in [3.63, 3.8) is 0 Å². The fraction of sp³-hybridized carbons (Fsp3) is 0.500. The number of amides is 1. The summed E-state index contributed by atoms with van der Waals surface area (Å²) in [6.45, 7) is 5.43. The highest BCUT2D eigenvalue weighted by molar-refractivity contribution is 5.79.